The van der Waals surface area contributed by atoms with Gasteiger partial charge in [0.05, 0.1) is 0 Å². The number of ether oxygens (including phenoxy) is 1. The van der Waals surface area contributed by atoms with E-state index in [0.29, 0.717) is 5.78 Å². The van der Waals surface area contributed by atoms with E-state index < -0.39 is 0 Å². The average molecular weight is 310 g/mol. The first-order chi connectivity index (χ1) is 10.6. The van der Waals surface area contributed by atoms with Crippen LogP contribution in [0.3, 0.4) is 0 Å². The molecule has 0 amide bonds. The van der Waals surface area contributed by atoms with Crippen molar-refractivity contribution < 1.29 is 14.3 Å². The molecule has 0 radical (unpaired) electrons. The lowest BCUT2D eigenvalue weighted by atomic mass is 10.1. The summed E-state index contributed by atoms with van der Waals surface area (Å²) in [6.45, 7) is 5.30. The Kier molecular flexibility index (Phi) is 14.0. The van der Waals surface area contributed by atoms with Gasteiger partial charge in [-0.2, -0.15) is 0 Å². The quantitative estimate of drug-likeness (QED) is 0.246. The minimum Gasteiger partial charge on any atom is -0.463 e. The van der Waals surface area contributed by atoms with Crippen LogP contribution in [0.5, 0.6) is 0 Å². The molecule has 3 nitrogen and oxygen atoms in total. The molecule has 0 heterocycles. The summed E-state index contributed by atoms with van der Waals surface area (Å²) in [6, 6.07) is 0. The molecule has 0 N–H and O–H groups in total. The highest BCUT2D eigenvalue weighted by molar-refractivity contribution is 5.75. The molecular formula is C19H34O3. The lowest BCUT2D eigenvalue weighted by Gasteiger charge is -2.16. The summed E-state index contributed by atoms with van der Waals surface area (Å²) >= 11 is 0. The first-order valence-electron chi connectivity index (χ1n) is 8.88. The smallest absolute Gasteiger partial charge is 0.302 e. The third-order valence-electron chi connectivity index (χ3n) is 3.68. The second kappa shape index (κ2) is 14.8. The maximum atomic E-state index is 11.1. The predicted molar refractivity (Wildman–Crippen MR) is 91.8 cm³/mol. The zero-order chi connectivity index (χ0) is 16.6. The Hall–Kier alpha value is -1.12. The number of allylic oxidation sites excluding steroid dienone is 2. The van der Waals surface area contributed by atoms with Gasteiger partial charge >= 0.3 is 5.97 Å². The Morgan fingerprint density at radius 2 is 1.55 bits per heavy atom. The third-order valence-corrected chi connectivity index (χ3v) is 3.68. The molecule has 0 aromatic rings. The van der Waals surface area contributed by atoms with E-state index in [9.17, 15) is 9.59 Å². The summed E-state index contributed by atoms with van der Waals surface area (Å²) in [7, 11) is 0. The highest BCUT2D eigenvalue weighted by atomic mass is 16.5. The molecule has 0 aliphatic heterocycles. The van der Waals surface area contributed by atoms with Crippen molar-refractivity contribution in [1.82, 2.24) is 0 Å². The Balaban J connectivity index is 3.59. The minimum atomic E-state index is -0.165. The molecule has 22 heavy (non-hydrogen) atoms. The number of rotatable bonds is 14. The van der Waals surface area contributed by atoms with Crippen LogP contribution in [0.4, 0.5) is 0 Å². The van der Waals surface area contributed by atoms with Gasteiger partial charge in [0.1, 0.15) is 11.9 Å². The van der Waals surface area contributed by atoms with Crippen LogP contribution in [-0.2, 0) is 14.3 Å². The topological polar surface area (TPSA) is 43.4 Å². The zero-order valence-electron chi connectivity index (χ0n) is 14.7. The molecule has 0 spiro atoms. The number of unbranched alkanes of at least 4 members (excludes halogenated alkanes) is 5. The second-order valence-corrected chi connectivity index (χ2v) is 6.08. The molecule has 0 aliphatic rings. The van der Waals surface area contributed by atoms with Gasteiger partial charge in [-0.15, -0.1) is 0 Å². The summed E-state index contributed by atoms with van der Waals surface area (Å²) in [5.41, 5.74) is 0. The lowest BCUT2D eigenvalue weighted by molar-refractivity contribution is -0.147. The first-order valence-corrected chi connectivity index (χ1v) is 8.88. The maximum absolute atomic E-state index is 11.1. The SMILES string of the molecule is CCCC[C@H](CCC/C=C/CCCCCC(C)=O)OC(C)=O. The molecule has 0 aliphatic carbocycles. The van der Waals surface area contributed by atoms with E-state index in [0.717, 1.165) is 70.6 Å². The van der Waals surface area contributed by atoms with Gasteiger partial charge in [-0.1, -0.05) is 38.3 Å². The molecule has 0 aromatic heterocycles. The lowest BCUT2D eigenvalue weighted by Crippen LogP contribution is -2.16. The Morgan fingerprint density at radius 1 is 0.909 bits per heavy atom. The number of carbonyl (C=O) groups excluding carboxylic acids is 2. The van der Waals surface area contributed by atoms with Crippen molar-refractivity contribution in [2.75, 3.05) is 0 Å². The van der Waals surface area contributed by atoms with Crippen molar-refractivity contribution in [1.29, 1.82) is 0 Å². The van der Waals surface area contributed by atoms with Crippen molar-refractivity contribution in [2.45, 2.75) is 97.5 Å². The van der Waals surface area contributed by atoms with Crippen LogP contribution in [0.15, 0.2) is 12.2 Å². The van der Waals surface area contributed by atoms with Crippen molar-refractivity contribution in [3.05, 3.63) is 12.2 Å². The largest absolute Gasteiger partial charge is 0.463 e. The maximum Gasteiger partial charge on any atom is 0.302 e. The van der Waals surface area contributed by atoms with Crippen LogP contribution in [-0.4, -0.2) is 17.9 Å². The molecule has 0 unspecified atom stereocenters. The zero-order valence-corrected chi connectivity index (χ0v) is 14.7. The summed E-state index contributed by atoms with van der Waals surface area (Å²) < 4.78 is 5.35. The Morgan fingerprint density at radius 3 is 2.14 bits per heavy atom. The fraction of sp³-hybridized carbons (Fsp3) is 0.789. The number of carbonyl (C=O) groups is 2. The van der Waals surface area contributed by atoms with Gasteiger partial charge in [0, 0.05) is 13.3 Å². The summed E-state index contributed by atoms with van der Waals surface area (Å²) in [5, 5.41) is 0. The van der Waals surface area contributed by atoms with Gasteiger partial charge < -0.3 is 9.53 Å². The van der Waals surface area contributed by atoms with Gasteiger partial charge in [0.15, 0.2) is 0 Å². The Bertz CT molecular complexity index is 321. The highest BCUT2D eigenvalue weighted by Crippen LogP contribution is 2.13. The van der Waals surface area contributed by atoms with Crippen molar-refractivity contribution >= 4 is 11.8 Å². The van der Waals surface area contributed by atoms with Crippen molar-refractivity contribution in [3.8, 4) is 0 Å². The first kappa shape index (κ1) is 20.9. The number of ketones is 1. The predicted octanol–water partition coefficient (Wildman–Crippen LogP) is 5.37. The van der Waals surface area contributed by atoms with Crippen LogP contribution in [0, 0.1) is 0 Å². The highest BCUT2D eigenvalue weighted by Gasteiger charge is 2.10. The van der Waals surface area contributed by atoms with E-state index in [-0.39, 0.29) is 12.1 Å². The summed E-state index contributed by atoms with van der Waals surface area (Å²) in [5.74, 6) is 0.128. The molecule has 0 saturated heterocycles. The van der Waals surface area contributed by atoms with Crippen LogP contribution in [0.2, 0.25) is 0 Å². The van der Waals surface area contributed by atoms with E-state index in [1.165, 1.54) is 6.92 Å². The number of hydrogen-bond acceptors (Lipinski definition) is 3. The molecule has 0 aromatic carbocycles. The van der Waals surface area contributed by atoms with Gasteiger partial charge in [-0.25, -0.2) is 0 Å². The fourth-order valence-electron chi connectivity index (χ4n) is 2.44. The van der Waals surface area contributed by atoms with E-state index in [1.807, 2.05) is 0 Å². The minimum absolute atomic E-state index is 0.0948. The monoisotopic (exact) mass is 310 g/mol. The standard InChI is InChI=1S/C19H34O3/c1-4-5-15-19(22-18(3)21)16-13-11-9-7-6-8-10-12-14-17(2)20/h7,9,19H,4-6,8,10-16H2,1-3H3/b9-7+/t19-/m1/s1. The molecule has 128 valence electrons. The van der Waals surface area contributed by atoms with Gasteiger partial charge in [0.25, 0.3) is 0 Å². The van der Waals surface area contributed by atoms with Crippen LogP contribution < -0.4 is 0 Å². The number of hydrogen-bond donors (Lipinski definition) is 0. The normalized spacial score (nSPS) is 12.5. The van der Waals surface area contributed by atoms with E-state index >= 15 is 0 Å². The third kappa shape index (κ3) is 15.3. The van der Waals surface area contributed by atoms with Crippen molar-refractivity contribution in [3.63, 3.8) is 0 Å². The van der Waals surface area contributed by atoms with Crippen LogP contribution in [0.1, 0.15) is 91.4 Å². The summed E-state index contributed by atoms with van der Waals surface area (Å²) in [6.07, 6.45) is 16.0. The molecule has 0 fully saturated rings. The van der Waals surface area contributed by atoms with Gasteiger partial charge in [0.2, 0.25) is 0 Å². The van der Waals surface area contributed by atoms with Crippen LogP contribution in [0.25, 0.3) is 0 Å². The molecular weight excluding hydrogens is 276 g/mol. The molecule has 1 atom stereocenters. The van der Waals surface area contributed by atoms with Crippen LogP contribution >= 0.6 is 0 Å². The number of Topliss-reactive ketones (excluding diaryl/α,β-unsaturated/α-hetero) is 1. The molecule has 0 saturated carbocycles. The molecule has 0 rings (SSSR count). The van der Waals surface area contributed by atoms with Crippen molar-refractivity contribution in [2.24, 2.45) is 0 Å². The molecule has 3 heteroatoms. The van der Waals surface area contributed by atoms with Gasteiger partial charge in [-0.05, 0) is 51.9 Å². The Labute approximate surface area is 136 Å². The summed E-state index contributed by atoms with van der Waals surface area (Å²) in [4.78, 5) is 21.9. The fourth-order valence-corrected chi connectivity index (χ4v) is 2.44. The molecule has 0 bridgehead atoms. The average Bonchev–Trinajstić information content (AvgIpc) is 2.45. The van der Waals surface area contributed by atoms with E-state index in [1.54, 1.807) is 6.92 Å². The van der Waals surface area contributed by atoms with Gasteiger partial charge in [-0.3, -0.25) is 4.79 Å². The number of esters is 1. The second-order valence-electron chi connectivity index (χ2n) is 6.08. The van der Waals surface area contributed by atoms with E-state index in [4.69, 9.17) is 4.74 Å². The van der Waals surface area contributed by atoms with E-state index in [2.05, 4.69) is 19.1 Å².